The Morgan fingerprint density at radius 2 is 1.89 bits per heavy atom. The minimum absolute atomic E-state index is 0.284. The van der Waals surface area contributed by atoms with Crippen LogP contribution in [0, 0.1) is 0 Å². The summed E-state index contributed by atoms with van der Waals surface area (Å²) in [5, 5.41) is 0. The number of hydrogen-bond acceptors (Lipinski definition) is 0. The lowest BCUT2D eigenvalue weighted by atomic mass is 9.75. The van der Waals surface area contributed by atoms with Crippen LogP contribution in [-0.4, -0.2) is 0 Å². The average Bonchev–Trinajstić information content (AvgIpc) is 2.98. The number of allylic oxidation sites excluding steroid dienone is 5. The second kappa shape index (κ2) is 4.28. The second-order valence-corrected chi connectivity index (χ2v) is 5.37. The molecule has 0 saturated heterocycles. The van der Waals surface area contributed by atoms with Crippen LogP contribution in [0.25, 0.3) is 5.57 Å². The molecule has 2 aliphatic rings. The van der Waals surface area contributed by atoms with Crippen molar-refractivity contribution in [3.63, 3.8) is 0 Å². The lowest BCUT2D eigenvalue weighted by Gasteiger charge is -2.27. The van der Waals surface area contributed by atoms with Gasteiger partial charge in [0.15, 0.2) is 0 Å². The van der Waals surface area contributed by atoms with Gasteiger partial charge in [-0.1, -0.05) is 61.9 Å². The molecule has 2 aliphatic carbocycles. The van der Waals surface area contributed by atoms with Crippen molar-refractivity contribution < 1.29 is 0 Å². The van der Waals surface area contributed by atoms with Crippen molar-refractivity contribution in [2.45, 2.75) is 38.0 Å². The molecule has 0 unspecified atom stereocenters. The molecule has 1 fully saturated rings. The Morgan fingerprint density at radius 1 is 1.17 bits per heavy atom. The Bertz CT molecular complexity index is 537. The van der Waals surface area contributed by atoms with Gasteiger partial charge in [0.2, 0.25) is 0 Å². The van der Waals surface area contributed by atoms with E-state index >= 15 is 0 Å². The van der Waals surface area contributed by atoms with Gasteiger partial charge in [0.1, 0.15) is 0 Å². The SMILES string of the molecule is C=CC1=C(/C=C\C)C2(CCCC2)c2ccccc21. The van der Waals surface area contributed by atoms with Gasteiger partial charge in [0.25, 0.3) is 0 Å². The molecule has 0 amide bonds. The molecule has 92 valence electrons. The summed E-state index contributed by atoms with van der Waals surface area (Å²) in [4.78, 5) is 0. The zero-order chi connectivity index (χ0) is 12.6. The standard InChI is InChI=1S/C18H20/c1-3-9-16-14(4-2)15-10-5-6-11-17(15)18(16)12-7-8-13-18/h3-6,9-11H,2,7-8,12-13H2,1H3/b9-3-. The van der Waals surface area contributed by atoms with Crippen molar-refractivity contribution in [2.24, 2.45) is 0 Å². The van der Waals surface area contributed by atoms with Crippen LogP contribution in [0.15, 0.2) is 54.6 Å². The molecule has 0 radical (unpaired) electrons. The monoisotopic (exact) mass is 236 g/mol. The van der Waals surface area contributed by atoms with E-state index in [0.717, 1.165) is 0 Å². The lowest BCUT2D eigenvalue weighted by molar-refractivity contribution is 0.545. The zero-order valence-electron chi connectivity index (χ0n) is 11.1. The third-order valence-electron chi connectivity index (χ3n) is 4.53. The Morgan fingerprint density at radius 3 is 2.56 bits per heavy atom. The predicted molar refractivity (Wildman–Crippen MR) is 78.5 cm³/mol. The maximum absolute atomic E-state index is 4.04. The molecule has 0 atom stereocenters. The Kier molecular flexibility index (Phi) is 2.74. The molecule has 1 saturated carbocycles. The van der Waals surface area contributed by atoms with Crippen molar-refractivity contribution in [3.05, 3.63) is 65.8 Å². The highest BCUT2D eigenvalue weighted by molar-refractivity contribution is 5.87. The van der Waals surface area contributed by atoms with Crippen LogP contribution in [0.5, 0.6) is 0 Å². The smallest absolute Gasteiger partial charge is 0.0215 e. The Balaban J connectivity index is 2.29. The van der Waals surface area contributed by atoms with Crippen LogP contribution in [0.4, 0.5) is 0 Å². The maximum Gasteiger partial charge on any atom is 0.0215 e. The number of fused-ring (bicyclic) bond motifs is 2. The van der Waals surface area contributed by atoms with Crippen molar-refractivity contribution in [3.8, 4) is 0 Å². The van der Waals surface area contributed by atoms with E-state index in [1.54, 1.807) is 0 Å². The molecule has 0 heteroatoms. The summed E-state index contributed by atoms with van der Waals surface area (Å²) < 4.78 is 0. The summed E-state index contributed by atoms with van der Waals surface area (Å²) in [6, 6.07) is 8.89. The van der Waals surface area contributed by atoms with E-state index in [9.17, 15) is 0 Å². The zero-order valence-corrected chi connectivity index (χ0v) is 11.1. The van der Waals surface area contributed by atoms with E-state index in [2.05, 4.69) is 49.9 Å². The van der Waals surface area contributed by atoms with Crippen LogP contribution in [0.3, 0.4) is 0 Å². The first-order chi connectivity index (χ1) is 8.83. The van der Waals surface area contributed by atoms with Crippen LogP contribution >= 0.6 is 0 Å². The molecular formula is C18H20. The molecule has 0 N–H and O–H groups in total. The van der Waals surface area contributed by atoms with Gasteiger partial charge in [-0.15, -0.1) is 0 Å². The largest absolute Gasteiger partial charge is 0.0984 e. The van der Waals surface area contributed by atoms with E-state index in [-0.39, 0.29) is 5.41 Å². The summed E-state index contributed by atoms with van der Waals surface area (Å²) in [7, 11) is 0. The molecule has 3 rings (SSSR count). The van der Waals surface area contributed by atoms with Gasteiger partial charge in [0, 0.05) is 5.41 Å². The predicted octanol–water partition coefficient (Wildman–Crippen LogP) is 5.03. The van der Waals surface area contributed by atoms with E-state index in [0.29, 0.717) is 0 Å². The van der Waals surface area contributed by atoms with Crippen molar-refractivity contribution in [2.75, 3.05) is 0 Å². The van der Waals surface area contributed by atoms with Gasteiger partial charge in [-0.2, -0.15) is 0 Å². The summed E-state index contributed by atoms with van der Waals surface area (Å²) in [6.45, 7) is 6.15. The maximum atomic E-state index is 4.04. The van der Waals surface area contributed by atoms with Gasteiger partial charge in [-0.3, -0.25) is 0 Å². The fraction of sp³-hybridized carbons (Fsp3) is 0.333. The molecular weight excluding hydrogens is 216 g/mol. The molecule has 0 heterocycles. The van der Waals surface area contributed by atoms with Crippen LogP contribution in [-0.2, 0) is 5.41 Å². The number of benzene rings is 1. The van der Waals surface area contributed by atoms with Gasteiger partial charge in [-0.05, 0) is 42.0 Å². The lowest BCUT2D eigenvalue weighted by Crippen LogP contribution is -2.21. The van der Waals surface area contributed by atoms with Gasteiger partial charge < -0.3 is 0 Å². The Hall–Kier alpha value is -1.56. The first-order valence-electron chi connectivity index (χ1n) is 6.93. The first kappa shape index (κ1) is 11.5. The van der Waals surface area contributed by atoms with Crippen LogP contribution < -0.4 is 0 Å². The normalized spacial score (nSPS) is 20.9. The van der Waals surface area contributed by atoms with Crippen molar-refractivity contribution in [1.29, 1.82) is 0 Å². The fourth-order valence-electron chi connectivity index (χ4n) is 3.84. The Labute approximate surface area is 110 Å². The third-order valence-corrected chi connectivity index (χ3v) is 4.53. The first-order valence-corrected chi connectivity index (χ1v) is 6.93. The van der Waals surface area contributed by atoms with Crippen molar-refractivity contribution >= 4 is 5.57 Å². The number of rotatable bonds is 2. The topological polar surface area (TPSA) is 0 Å². The highest BCUT2D eigenvalue weighted by atomic mass is 14.5. The van der Waals surface area contributed by atoms with E-state index in [1.807, 2.05) is 6.08 Å². The molecule has 0 aromatic heterocycles. The molecule has 1 aromatic carbocycles. The molecule has 0 aliphatic heterocycles. The molecule has 0 bridgehead atoms. The molecule has 1 aromatic rings. The quantitative estimate of drug-likeness (QED) is 0.675. The summed E-state index contributed by atoms with van der Waals surface area (Å²) in [5.41, 5.74) is 6.07. The minimum Gasteiger partial charge on any atom is -0.0984 e. The minimum atomic E-state index is 0.284. The third kappa shape index (κ3) is 1.38. The van der Waals surface area contributed by atoms with E-state index < -0.39 is 0 Å². The van der Waals surface area contributed by atoms with Crippen LogP contribution in [0.2, 0.25) is 0 Å². The van der Waals surface area contributed by atoms with Gasteiger partial charge in [0.05, 0.1) is 0 Å². The summed E-state index contributed by atoms with van der Waals surface area (Å²) in [5.74, 6) is 0. The van der Waals surface area contributed by atoms with E-state index in [1.165, 1.54) is 48.0 Å². The summed E-state index contributed by atoms with van der Waals surface area (Å²) >= 11 is 0. The van der Waals surface area contributed by atoms with E-state index in [4.69, 9.17) is 0 Å². The highest BCUT2D eigenvalue weighted by Gasteiger charge is 2.44. The van der Waals surface area contributed by atoms with Gasteiger partial charge >= 0.3 is 0 Å². The fourth-order valence-corrected chi connectivity index (χ4v) is 3.84. The molecule has 1 spiro atoms. The van der Waals surface area contributed by atoms with Crippen LogP contribution in [0.1, 0.15) is 43.7 Å². The average molecular weight is 236 g/mol. The molecule has 18 heavy (non-hydrogen) atoms. The van der Waals surface area contributed by atoms with Gasteiger partial charge in [-0.25, -0.2) is 0 Å². The second-order valence-electron chi connectivity index (χ2n) is 5.37. The van der Waals surface area contributed by atoms with Crippen molar-refractivity contribution in [1.82, 2.24) is 0 Å². The number of hydrogen-bond donors (Lipinski definition) is 0. The summed E-state index contributed by atoms with van der Waals surface area (Å²) in [6.07, 6.45) is 11.8. The highest BCUT2D eigenvalue weighted by Crippen LogP contribution is 2.55. The molecule has 0 nitrogen and oxygen atoms in total.